The van der Waals surface area contributed by atoms with Crippen molar-refractivity contribution in [2.75, 3.05) is 13.7 Å². The molecule has 0 atom stereocenters. The quantitative estimate of drug-likeness (QED) is 0.856. The molecule has 1 aromatic carbocycles. The minimum Gasteiger partial charge on any atom is -0.496 e. The highest BCUT2D eigenvalue weighted by atomic mass is 35.5. The molecule has 1 saturated carbocycles. The zero-order chi connectivity index (χ0) is 10.8. The van der Waals surface area contributed by atoms with Crippen molar-refractivity contribution >= 4 is 11.6 Å². The second-order valence-electron chi connectivity index (χ2n) is 3.94. The van der Waals surface area contributed by atoms with Gasteiger partial charge in [0.05, 0.1) is 7.11 Å². The van der Waals surface area contributed by atoms with Crippen molar-refractivity contribution in [3.63, 3.8) is 0 Å². The van der Waals surface area contributed by atoms with Gasteiger partial charge in [0.2, 0.25) is 0 Å². The lowest BCUT2D eigenvalue weighted by Crippen LogP contribution is -1.96. The van der Waals surface area contributed by atoms with E-state index >= 15 is 0 Å². The molecule has 0 amide bonds. The molecular formula is C12H15ClO2. The summed E-state index contributed by atoms with van der Waals surface area (Å²) < 4.78 is 5.35. The topological polar surface area (TPSA) is 29.5 Å². The van der Waals surface area contributed by atoms with Gasteiger partial charge in [0.25, 0.3) is 0 Å². The minimum absolute atomic E-state index is 0.141. The molecule has 0 aromatic heterocycles. The Kier molecular flexibility index (Phi) is 3.17. The smallest absolute Gasteiger partial charge is 0.124 e. The van der Waals surface area contributed by atoms with Crippen LogP contribution in [0, 0.1) is 0 Å². The molecule has 0 radical (unpaired) electrons. The zero-order valence-electron chi connectivity index (χ0n) is 8.79. The highest BCUT2D eigenvalue weighted by Crippen LogP contribution is 2.47. The molecule has 3 heteroatoms. The lowest BCUT2D eigenvalue weighted by atomic mass is 10.0. The summed E-state index contributed by atoms with van der Waals surface area (Å²) in [6.45, 7) is 0.141. The van der Waals surface area contributed by atoms with Gasteiger partial charge in [0.15, 0.2) is 0 Å². The average molecular weight is 227 g/mol. The maximum atomic E-state index is 8.88. The Bertz CT molecular complexity index is 359. The van der Waals surface area contributed by atoms with Crippen LogP contribution in [-0.4, -0.2) is 18.8 Å². The van der Waals surface area contributed by atoms with E-state index in [1.165, 1.54) is 12.8 Å². The van der Waals surface area contributed by atoms with Gasteiger partial charge >= 0.3 is 0 Å². The first kappa shape index (κ1) is 10.8. The van der Waals surface area contributed by atoms with Crippen molar-refractivity contribution in [3.8, 4) is 5.75 Å². The van der Waals surface area contributed by atoms with E-state index in [-0.39, 0.29) is 6.61 Å². The van der Waals surface area contributed by atoms with Gasteiger partial charge in [-0.05, 0) is 42.9 Å². The van der Waals surface area contributed by atoms with Crippen molar-refractivity contribution < 1.29 is 9.84 Å². The van der Waals surface area contributed by atoms with Crippen LogP contribution in [0.4, 0.5) is 0 Å². The van der Waals surface area contributed by atoms with Gasteiger partial charge in [-0.3, -0.25) is 0 Å². The molecule has 1 N–H and O–H groups in total. The number of aliphatic hydroxyl groups is 1. The number of benzene rings is 1. The number of hydrogen-bond acceptors (Lipinski definition) is 2. The fourth-order valence-corrected chi connectivity index (χ4v) is 2.24. The van der Waals surface area contributed by atoms with Crippen LogP contribution in [0.15, 0.2) is 12.1 Å². The zero-order valence-corrected chi connectivity index (χ0v) is 9.55. The summed E-state index contributed by atoms with van der Waals surface area (Å²) in [5, 5.41) is 9.66. The Morgan fingerprint density at radius 3 is 2.73 bits per heavy atom. The highest BCUT2D eigenvalue weighted by Gasteiger charge is 2.29. The van der Waals surface area contributed by atoms with Crippen LogP contribution in [0.3, 0.4) is 0 Å². The summed E-state index contributed by atoms with van der Waals surface area (Å²) in [7, 11) is 1.67. The molecule has 0 heterocycles. The fourth-order valence-electron chi connectivity index (χ4n) is 1.86. The SMILES string of the molecule is COc1cc(CCO)cc(Cl)c1C1CC1. The van der Waals surface area contributed by atoms with E-state index < -0.39 is 0 Å². The Hall–Kier alpha value is -0.730. The first-order valence-corrected chi connectivity index (χ1v) is 5.61. The van der Waals surface area contributed by atoms with Gasteiger partial charge in [0.1, 0.15) is 5.75 Å². The van der Waals surface area contributed by atoms with Crippen molar-refractivity contribution in [1.29, 1.82) is 0 Å². The monoisotopic (exact) mass is 226 g/mol. The predicted molar refractivity (Wildman–Crippen MR) is 60.8 cm³/mol. The minimum atomic E-state index is 0.141. The molecule has 0 aliphatic heterocycles. The van der Waals surface area contributed by atoms with Crippen molar-refractivity contribution in [2.24, 2.45) is 0 Å². The average Bonchev–Trinajstić information content (AvgIpc) is 3.01. The third-order valence-electron chi connectivity index (χ3n) is 2.76. The summed E-state index contributed by atoms with van der Waals surface area (Å²) in [5.41, 5.74) is 2.17. The van der Waals surface area contributed by atoms with E-state index in [2.05, 4.69) is 0 Å². The molecule has 0 bridgehead atoms. The molecule has 2 nitrogen and oxygen atoms in total. The van der Waals surface area contributed by atoms with E-state index in [9.17, 15) is 0 Å². The molecule has 15 heavy (non-hydrogen) atoms. The summed E-state index contributed by atoms with van der Waals surface area (Å²) >= 11 is 6.22. The normalized spacial score (nSPS) is 15.4. The van der Waals surface area contributed by atoms with E-state index in [4.69, 9.17) is 21.4 Å². The molecule has 2 rings (SSSR count). The second-order valence-corrected chi connectivity index (χ2v) is 4.35. The van der Waals surface area contributed by atoms with Crippen molar-refractivity contribution in [3.05, 3.63) is 28.3 Å². The number of methoxy groups -OCH3 is 1. The maximum Gasteiger partial charge on any atom is 0.124 e. The molecule has 0 unspecified atom stereocenters. The van der Waals surface area contributed by atoms with Crippen molar-refractivity contribution in [1.82, 2.24) is 0 Å². The standard InChI is InChI=1S/C12H15ClO2/c1-15-11-7-8(4-5-14)6-10(13)12(11)9-2-3-9/h6-7,9,14H,2-5H2,1H3. The van der Waals surface area contributed by atoms with Crippen LogP contribution in [0.1, 0.15) is 29.9 Å². The van der Waals surface area contributed by atoms with Crippen LogP contribution in [0.5, 0.6) is 5.75 Å². The Labute approximate surface area is 94.8 Å². The lowest BCUT2D eigenvalue weighted by molar-refractivity contribution is 0.299. The second kappa shape index (κ2) is 4.42. The summed E-state index contributed by atoms with van der Waals surface area (Å²) in [6.07, 6.45) is 3.03. The van der Waals surface area contributed by atoms with Gasteiger partial charge in [-0.1, -0.05) is 11.6 Å². The predicted octanol–water partition coefficient (Wildman–Crippen LogP) is 2.76. The Morgan fingerprint density at radius 2 is 2.20 bits per heavy atom. The van der Waals surface area contributed by atoms with Crippen LogP contribution in [-0.2, 0) is 6.42 Å². The Balaban J connectivity index is 2.37. The van der Waals surface area contributed by atoms with Gasteiger partial charge in [-0.15, -0.1) is 0 Å². The van der Waals surface area contributed by atoms with Crippen LogP contribution >= 0.6 is 11.6 Å². The number of aliphatic hydroxyl groups excluding tert-OH is 1. The molecule has 1 aromatic rings. The lowest BCUT2D eigenvalue weighted by Gasteiger charge is -2.11. The molecule has 82 valence electrons. The first-order chi connectivity index (χ1) is 7.26. The van der Waals surface area contributed by atoms with Gasteiger partial charge in [-0.25, -0.2) is 0 Å². The number of halogens is 1. The molecule has 1 aliphatic rings. The summed E-state index contributed by atoms with van der Waals surface area (Å²) in [4.78, 5) is 0. The number of hydrogen-bond donors (Lipinski definition) is 1. The van der Waals surface area contributed by atoms with E-state index in [0.29, 0.717) is 12.3 Å². The van der Waals surface area contributed by atoms with Gasteiger partial charge in [0, 0.05) is 17.2 Å². The number of rotatable bonds is 4. The third-order valence-corrected chi connectivity index (χ3v) is 3.07. The maximum absolute atomic E-state index is 8.88. The largest absolute Gasteiger partial charge is 0.496 e. The van der Waals surface area contributed by atoms with Crippen LogP contribution in [0.2, 0.25) is 5.02 Å². The van der Waals surface area contributed by atoms with Crippen molar-refractivity contribution in [2.45, 2.75) is 25.2 Å². The molecule has 1 aliphatic carbocycles. The molecule has 0 spiro atoms. The van der Waals surface area contributed by atoms with Gasteiger partial charge in [-0.2, -0.15) is 0 Å². The van der Waals surface area contributed by atoms with E-state index in [1.807, 2.05) is 12.1 Å². The Morgan fingerprint density at radius 1 is 1.47 bits per heavy atom. The molecule has 0 saturated heterocycles. The first-order valence-electron chi connectivity index (χ1n) is 5.23. The van der Waals surface area contributed by atoms with E-state index in [0.717, 1.165) is 21.9 Å². The third kappa shape index (κ3) is 2.27. The van der Waals surface area contributed by atoms with E-state index in [1.54, 1.807) is 7.11 Å². The molecular weight excluding hydrogens is 212 g/mol. The summed E-state index contributed by atoms with van der Waals surface area (Å²) in [6, 6.07) is 3.92. The fraction of sp³-hybridized carbons (Fsp3) is 0.500. The number of ether oxygens (including phenoxy) is 1. The highest BCUT2D eigenvalue weighted by molar-refractivity contribution is 6.31. The van der Waals surface area contributed by atoms with Crippen LogP contribution in [0.25, 0.3) is 0 Å². The van der Waals surface area contributed by atoms with Gasteiger partial charge < -0.3 is 9.84 Å². The molecule has 1 fully saturated rings. The van der Waals surface area contributed by atoms with Crippen LogP contribution < -0.4 is 4.74 Å². The summed E-state index contributed by atoms with van der Waals surface area (Å²) in [5.74, 6) is 1.45.